The van der Waals surface area contributed by atoms with Crippen LogP contribution in [0.1, 0.15) is 11.1 Å². The average Bonchev–Trinajstić information content (AvgIpc) is 2.56. The predicted molar refractivity (Wildman–Crippen MR) is 55.2 cm³/mol. The summed E-state index contributed by atoms with van der Waals surface area (Å²) >= 11 is 5.77. The maximum absolute atomic E-state index is 5.77. The summed E-state index contributed by atoms with van der Waals surface area (Å²) in [4.78, 5) is 0. The molecule has 1 aromatic heterocycles. The summed E-state index contributed by atoms with van der Waals surface area (Å²) in [6, 6.07) is 7.60. The molecule has 0 aliphatic carbocycles. The summed E-state index contributed by atoms with van der Waals surface area (Å²) in [5, 5.41) is 4.34. The first-order valence-electron chi connectivity index (χ1n) is 4.19. The van der Waals surface area contributed by atoms with Crippen molar-refractivity contribution in [3.63, 3.8) is 0 Å². The van der Waals surface area contributed by atoms with Crippen molar-refractivity contribution in [1.82, 2.24) is 5.16 Å². The number of hydrogen-bond acceptors (Lipinski definition) is 3. The molecule has 0 aliphatic heterocycles. The first kappa shape index (κ1) is 9.09. The molecule has 2 aromatic rings. The quantitative estimate of drug-likeness (QED) is 0.825. The van der Waals surface area contributed by atoms with E-state index in [1.54, 1.807) is 6.20 Å². The van der Waals surface area contributed by atoms with Crippen LogP contribution in [-0.4, -0.2) is 5.16 Å². The van der Waals surface area contributed by atoms with Crippen LogP contribution in [0.15, 0.2) is 35.0 Å². The summed E-state index contributed by atoms with van der Waals surface area (Å²) in [7, 11) is 0. The highest BCUT2D eigenvalue weighted by Gasteiger charge is 2.04. The van der Waals surface area contributed by atoms with Gasteiger partial charge in [-0.25, -0.2) is 0 Å². The molecule has 0 aliphatic rings. The van der Waals surface area contributed by atoms with Crippen LogP contribution >= 0.6 is 11.6 Å². The van der Waals surface area contributed by atoms with E-state index in [1.807, 2.05) is 24.3 Å². The summed E-state index contributed by atoms with van der Waals surface area (Å²) in [6.45, 7) is 0. The van der Waals surface area contributed by atoms with Gasteiger partial charge in [0, 0.05) is 17.0 Å². The number of nitrogens with zero attached hydrogens (tertiary/aromatic N) is 1. The van der Waals surface area contributed by atoms with Crippen molar-refractivity contribution in [3.8, 4) is 0 Å². The number of nitrogens with two attached hydrogens (primary N) is 1. The van der Waals surface area contributed by atoms with Crippen molar-refractivity contribution >= 4 is 17.5 Å². The van der Waals surface area contributed by atoms with Crippen molar-refractivity contribution in [3.05, 3.63) is 46.6 Å². The topological polar surface area (TPSA) is 52.0 Å². The number of halogens is 1. The largest absolute Gasteiger partial charge is 0.367 e. The Morgan fingerprint density at radius 3 is 2.57 bits per heavy atom. The van der Waals surface area contributed by atoms with Crippen molar-refractivity contribution in [2.75, 3.05) is 5.73 Å². The van der Waals surface area contributed by atoms with Crippen molar-refractivity contribution < 1.29 is 4.52 Å². The lowest BCUT2D eigenvalue weighted by Crippen LogP contribution is -1.91. The maximum Gasteiger partial charge on any atom is 0.225 e. The number of nitrogen functional groups attached to an aromatic ring is 1. The van der Waals surface area contributed by atoms with E-state index in [9.17, 15) is 0 Å². The molecule has 0 unspecified atom stereocenters. The molecular weight excluding hydrogens is 200 g/mol. The second-order valence-corrected chi connectivity index (χ2v) is 3.45. The zero-order valence-electron chi connectivity index (χ0n) is 7.40. The molecule has 72 valence electrons. The minimum atomic E-state index is 0.375. The molecule has 1 heterocycles. The molecule has 0 atom stereocenters. The van der Waals surface area contributed by atoms with Crippen LogP contribution in [0.2, 0.25) is 5.02 Å². The fourth-order valence-corrected chi connectivity index (χ4v) is 1.35. The molecular formula is C10H9ClN2O. The van der Waals surface area contributed by atoms with Gasteiger partial charge in [-0.05, 0) is 17.7 Å². The van der Waals surface area contributed by atoms with Crippen molar-refractivity contribution in [2.45, 2.75) is 6.42 Å². The monoisotopic (exact) mass is 208 g/mol. The van der Waals surface area contributed by atoms with Gasteiger partial charge < -0.3 is 10.3 Å². The van der Waals surface area contributed by atoms with Crippen molar-refractivity contribution in [1.29, 1.82) is 0 Å². The minimum Gasteiger partial charge on any atom is -0.367 e. The zero-order chi connectivity index (χ0) is 9.97. The third kappa shape index (κ3) is 1.88. The molecule has 0 amide bonds. The van der Waals surface area contributed by atoms with Crippen LogP contribution in [0.25, 0.3) is 0 Å². The molecule has 4 heteroatoms. The van der Waals surface area contributed by atoms with Gasteiger partial charge in [-0.1, -0.05) is 28.9 Å². The van der Waals surface area contributed by atoms with E-state index in [2.05, 4.69) is 5.16 Å². The lowest BCUT2D eigenvalue weighted by molar-refractivity contribution is 0.436. The number of benzene rings is 1. The minimum absolute atomic E-state index is 0.375. The Hall–Kier alpha value is -1.48. The van der Waals surface area contributed by atoms with Gasteiger partial charge in [0.2, 0.25) is 5.88 Å². The lowest BCUT2D eigenvalue weighted by Gasteiger charge is -1.98. The van der Waals surface area contributed by atoms with E-state index in [4.69, 9.17) is 21.9 Å². The molecule has 0 fully saturated rings. The Bertz CT molecular complexity index is 422. The first-order chi connectivity index (χ1) is 6.75. The molecule has 0 saturated carbocycles. The number of rotatable bonds is 2. The summed E-state index contributed by atoms with van der Waals surface area (Å²) in [5.74, 6) is 0.375. The molecule has 3 nitrogen and oxygen atoms in total. The van der Waals surface area contributed by atoms with Crippen LogP contribution in [-0.2, 0) is 6.42 Å². The Morgan fingerprint density at radius 2 is 2.00 bits per heavy atom. The molecule has 0 radical (unpaired) electrons. The molecule has 0 spiro atoms. The third-order valence-corrected chi connectivity index (χ3v) is 2.24. The van der Waals surface area contributed by atoms with Gasteiger partial charge >= 0.3 is 0 Å². The lowest BCUT2D eigenvalue weighted by atomic mass is 10.1. The van der Waals surface area contributed by atoms with Crippen LogP contribution < -0.4 is 5.73 Å². The van der Waals surface area contributed by atoms with Gasteiger partial charge in [0.05, 0.1) is 6.20 Å². The Balaban J connectivity index is 2.19. The molecule has 2 N–H and O–H groups in total. The van der Waals surface area contributed by atoms with Crippen LogP contribution in [0, 0.1) is 0 Å². The Morgan fingerprint density at radius 1 is 1.29 bits per heavy atom. The van der Waals surface area contributed by atoms with E-state index in [0.29, 0.717) is 12.3 Å². The van der Waals surface area contributed by atoms with Gasteiger partial charge in [0.1, 0.15) is 0 Å². The summed E-state index contributed by atoms with van der Waals surface area (Å²) < 4.78 is 4.76. The van der Waals surface area contributed by atoms with E-state index in [-0.39, 0.29) is 0 Å². The number of aromatic nitrogens is 1. The van der Waals surface area contributed by atoms with E-state index in [1.165, 1.54) is 0 Å². The van der Waals surface area contributed by atoms with E-state index in [0.717, 1.165) is 16.1 Å². The van der Waals surface area contributed by atoms with Gasteiger partial charge in [0.15, 0.2) is 0 Å². The number of anilines is 1. The summed E-state index contributed by atoms with van der Waals surface area (Å²) in [6.07, 6.45) is 2.34. The molecule has 0 bridgehead atoms. The first-order valence-corrected chi connectivity index (χ1v) is 4.57. The molecule has 0 saturated heterocycles. The van der Waals surface area contributed by atoms with Crippen LogP contribution in [0.3, 0.4) is 0 Å². The van der Waals surface area contributed by atoms with Crippen LogP contribution in [0.4, 0.5) is 5.88 Å². The zero-order valence-corrected chi connectivity index (χ0v) is 8.16. The highest BCUT2D eigenvalue weighted by Crippen LogP contribution is 2.17. The van der Waals surface area contributed by atoms with Crippen LogP contribution in [0.5, 0.6) is 0 Å². The highest BCUT2D eigenvalue weighted by molar-refractivity contribution is 6.30. The molecule has 2 rings (SSSR count). The second-order valence-electron chi connectivity index (χ2n) is 3.02. The van der Waals surface area contributed by atoms with Gasteiger partial charge in [-0.15, -0.1) is 0 Å². The standard InChI is InChI=1S/C10H9ClN2O/c11-9-3-1-7(2-4-9)5-8-6-13-14-10(8)12/h1-4,6H,5,12H2. The summed E-state index contributed by atoms with van der Waals surface area (Å²) in [5.41, 5.74) is 7.59. The Labute approximate surface area is 86.5 Å². The van der Waals surface area contributed by atoms with Gasteiger partial charge in [-0.3, -0.25) is 0 Å². The van der Waals surface area contributed by atoms with Crippen molar-refractivity contribution in [2.24, 2.45) is 0 Å². The number of hydrogen-bond donors (Lipinski definition) is 1. The normalized spacial score (nSPS) is 10.4. The third-order valence-electron chi connectivity index (χ3n) is 1.98. The fraction of sp³-hybridized carbons (Fsp3) is 0.100. The predicted octanol–water partition coefficient (Wildman–Crippen LogP) is 2.50. The smallest absolute Gasteiger partial charge is 0.225 e. The van der Waals surface area contributed by atoms with Gasteiger partial charge in [0.25, 0.3) is 0 Å². The highest BCUT2D eigenvalue weighted by atomic mass is 35.5. The second kappa shape index (κ2) is 3.72. The SMILES string of the molecule is Nc1oncc1Cc1ccc(Cl)cc1. The van der Waals surface area contributed by atoms with E-state index >= 15 is 0 Å². The fourth-order valence-electron chi connectivity index (χ4n) is 1.22. The van der Waals surface area contributed by atoms with E-state index < -0.39 is 0 Å². The average molecular weight is 209 g/mol. The molecule has 14 heavy (non-hydrogen) atoms. The maximum atomic E-state index is 5.77. The van der Waals surface area contributed by atoms with Gasteiger partial charge in [-0.2, -0.15) is 0 Å². The molecule has 1 aromatic carbocycles. The Kier molecular flexibility index (Phi) is 2.41.